The lowest BCUT2D eigenvalue weighted by atomic mass is 9.64. The number of carbonyl (C=O) groups is 2. The Hall–Kier alpha value is -2.99. The molecular formula is C28H32BO6+. The number of allylic oxidation sites excluding steroid dienone is 7. The SMILES string of the molecule is CC1(C)OB(C2=CCC(COC(=O)c3ccccc3)(C(=O)COC3=CC=C[C+]=C3)CC2)OC1(C)C. The highest BCUT2D eigenvalue weighted by Crippen LogP contribution is 2.43. The third-order valence-electron chi connectivity index (χ3n) is 7.33. The van der Waals surface area contributed by atoms with Gasteiger partial charge in [-0.2, -0.15) is 0 Å². The Balaban J connectivity index is 1.49. The van der Waals surface area contributed by atoms with Gasteiger partial charge >= 0.3 is 13.1 Å². The summed E-state index contributed by atoms with van der Waals surface area (Å²) in [6.07, 6.45) is 13.5. The zero-order valence-electron chi connectivity index (χ0n) is 20.8. The normalized spacial score (nSPS) is 24.3. The third kappa shape index (κ3) is 5.48. The minimum Gasteiger partial charge on any atom is -0.461 e. The Labute approximate surface area is 207 Å². The lowest BCUT2D eigenvalue weighted by molar-refractivity contribution is -0.135. The van der Waals surface area contributed by atoms with Gasteiger partial charge in [-0.3, -0.25) is 4.79 Å². The summed E-state index contributed by atoms with van der Waals surface area (Å²) < 4.78 is 23.8. The molecule has 0 saturated carbocycles. The molecule has 0 radical (unpaired) electrons. The van der Waals surface area contributed by atoms with Crippen LogP contribution in [0.4, 0.5) is 0 Å². The molecular weight excluding hydrogens is 443 g/mol. The molecule has 35 heavy (non-hydrogen) atoms. The number of rotatable bonds is 8. The topological polar surface area (TPSA) is 71.1 Å². The maximum Gasteiger partial charge on any atom is 0.490 e. The van der Waals surface area contributed by atoms with Crippen LogP contribution in [0.1, 0.15) is 57.3 Å². The molecule has 0 aromatic heterocycles. The predicted molar refractivity (Wildman–Crippen MR) is 133 cm³/mol. The molecule has 0 amide bonds. The number of hydrogen-bond acceptors (Lipinski definition) is 6. The first-order valence-electron chi connectivity index (χ1n) is 12.0. The number of benzene rings is 1. The van der Waals surface area contributed by atoms with Gasteiger partial charge in [0.15, 0.2) is 12.4 Å². The van der Waals surface area contributed by atoms with Crippen molar-refractivity contribution < 1.29 is 28.4 Å². The quantitative estimate of drug-likeness (QED) is 0.300. The molecule has 6 nitrogen and oxygen atoms in total. The summed E-state index contributed by atoms with van der Waals surface area (Å²) in [5.74, 6) is 0.0186. The van der Waals surface area contributed by atoms with Crippen LogP contribution >= 0.6 is 0 Å². The van der Waals surface area contributed by atoms with E-state index in [1.54, 1.807) is 48.6 Å². The smallest absolute Gasteiger partial charge is 0.461 e. The molecule has 0 N–H and O–H groups in total. The molecule has 1 atom stereocenters. The van der Waals surface area contributed by atoms with E-state index in [2.05, 4.69) is 6.08 Å². The minimum atomic E-state index is -0.879. The highest BCUT2D eigenvalue weighted by atomic mass is 16.7. The van der Waals surface area contributed by atoms with Gasteiger partial charge in [-0.25, -0.2) is 4.79 Å². The third-order valence-corrected chi connectivity index (χ3v) is 7.33. The molecule has 4 rings (SSSR count). The van der Waals surface area contributed by atoms with Gasteiger partial charge in [-0.1, -0.05) is 24.3 Å². The van der Waals surface area contributed by atoms with E-state index in [1.165, 1.54) is 0 Å². The maximum atomic E-state index is 13.5. The van der Waals surface area contributed by atoms with Gasteiger partial charge in [0.05, 0.1) is 34.3 Å². The van der Waals surface area contributed by atoms with E-state index in [0.717, 1.165) is 5.47 Å². The number of ketones is 1. The Morgan fingerprint density at radius 3 is 2.40 bits per heavy atom. The molecule has 3 aliphatic rings. The first-order valence-corrected chi connectivity index (χ1v) is 12.0. The van der Waals surface area contributed by atoms with E-state index >= 15 is 0 Å². The van der Waals surface area contributed by atoms with Crippen LogP contribution in [-0.4, -0.2) is 43.3 Å². The lowest BCUT2D eigenvalue weighted by Crippen LogP contribution is -2.41. The van der Waals surface area contributed by atoms with Crippen LogP contribution in [0.25, 0.3) is 0 Å². The summed E-state index contributed by atoms with van der Waals surface area (Å²) in [6.45, 7) is 7.95. The molecule has 1 unspecified atom stereocenters. The van der Waals surface area contributed by atoms with Gasteiger partial charge in [0.25, 0.3) is 0 Å². The molecule has 1 fully saturated rings. The summed E-state index contributed by atoms with van der Waals surface area (Å²) in [5, 5.41) is 0. The lowest BCUT2D eigenvalue weighted by Gasteiger charge is -2.34. The fourth-order valence-electron chi connectivity index (χ4n) is 4.22. The predicted octanol–water partition coefficient (Wildman–Crippen LogP) is 4.97. The fourth-order valence-corrected chi connectivity index (χ4v) is 4.22. The van der Waals surface area contributed by atoms with Gasteiger partial charge in [0, 0.05) is 6.08 Å². The van der Waals surface area contributed by atoms with Crippen LogP contribution in [-0.2, 0) is 23.6 Å². The minimum absolute atomic E-state index is 0.0169. The molecule has 1 aromatic rings. The molecule has 2 aliphatic carbocycles. The Morgan fingerprint density at radius 1 is 1.09 bits per heavy atom. The van der Waals surface area contributed by atoms with Gasteiger partial charge in [0.1, 0.15) is 18.8 Å². The van der Waals surface area contributed by atoms with Crippen LogP contribution in [0.15, 0.2) is 71.9 Å². The highest BCUT2D eigenvalue weighted by molar-refractivity contribution is 6.54. The molecule has 1 aromatic carbocycles. The van der Waals surface area contributed by atoms with Gasteiger partial charge in [0.2, 0.25) is 5.76 Å². The van der Waals surface area contributed by atoms with Crippen molar-refractivity contribution in [2.75, 3.05) is 13.2 Å². The Morgan fingerprint density at radius 2 is 1.80 bits per heavy atom. The van der Waals surface area contributed by atoms with Crippen molar-refractivity contribution in [2.45, 2.75) is 58.2 Å². The van der Waals surface area contributed by atoms with Crippen LogP contribution in [0, 0.1) is 11.5 Å². The second kappa shape index (κ2) is 9.94. The second-order valence-corrected chi connectivity index (χ2v) is 10.2. The van der Waals surface area contributed by atoms with Crippen molar-refractivity contribution >= 4 is 18.9 Å². The Kier molecular flexibility index (Phi) is 7.13. The van der Waals surface area contributed by atoms with E-state index in [4.69, 9.17) is 18.8 Å². The summed E-state index contributed by atoms with van der Waals surface area (Å²) in [7, 11) is -0.448. The molecule has 1 heterocycles. The van der Waals surface area contributed by atoms with E-state index in [-0.39, 0.29) is 19.0 Å². The molecule has 7 heteroatoms. The zero-order valence-corrected chi connectivity index (χ0v) is 20.8. The van der Waals surface area contributed by atoms with Crippen LogP contribution in [0.2, 0.25) is 0 Å². The van der Waals surface area contributed by atoms with Crippen LogP contribution in [0.3, 0.4) is 0 Å². The van der Waals surface area contributed by atoms with Crippen molar-refractivity contribution in [1.82, 2.24) is 0 Å². The standard InChI is InChI=1S/C28H32BO6/c1-26(2)27(3,4)35-29(34-26)22-15-17-28(18-16-22,20-33-25(31)21-11-7-5-8-12-21)24(30)19-32-23-13-9-6-10-14-23/h5-9,11-15H,16-20H2,1-4H3/q+1. The number of ether oxygens (including phenoxy) is 2. The van der Waals surface area contributed by atoms with Gasteiger partial charge in [-0.05, 0) is 64.6 Å². The summed E-state index contributed by atoms with van der Waals surface area (Å²) in [6, 6.07) is 8.79. The van der Waals surface area contributed by atoms with Crippen molar-refractivity contribution in [3.8, 4) is 0 Å². The Bertz CT molecular complexity index is 1070. The largest absolute Gasteiger partial charge is 0.490 e. The molecule has 1 aliphatic heterocycles. The number of carbonyl (C=O) groups excluding carboxylic acids is 2. The van der Waals surface area contributed by atoms with Crippen LogP contribution < -0.4 is 0 Å². The highest BCUT2D eigenvalue weighted by Gasteiger charge is 2.53. The summed E-state index contributed by atoms with van der Waals surface area (Å²) in [4.78, 5) is 26.1. The second-order valence-electron chi connectivity index (χ2n) is 10.2. The fraction of sp³-hybridized carbons (Fsp3) is 0.429. The molecule has 0 bridgehead atoms. The number of esters is 1. The first-order chi connectivity index (χ1) is 16.6. The van der Waals surface area contributed by atoms with E-state index in [9.17, 15) is 9.59 Å². The summed E-state index contributed by atoms with van der Waals surface area (Å²) >= 11 is 0. The average molecular weight is 475 g/mol. The molecule has 182 valence electrons. The van der Waals surface area contributed by atoms with Crippen LogP contribution in [0.5, 0.6) is 0 Å². The maximum absolute atomic E-state index is 13.5. The van der Waals surface area contributed by atoms with E-state index in [1.807, 2.05) is 39.8 Å². The summed E-state index contributed by atoms with van der Waals surface area (Å²) in [5.41, 5.74) is -0.283. The average Bonchev–Trinajstić information content (AvgIpc) is 3.09. The van der Waals surface area contributed by atoms with E-state index in [0.29, 0.717) is 30.6 Å². The number of hydrogen-bond donors (Lipinski definition) is 0. The molecule has 0 spiro atoms. The van der Waals surface area contributed by atoms with Gasteiger partial charge < -0.3 is 18.8 Å². The number of Topliss-reactive ketones (excluding diaryl/α,β-unsaturated/α-hetero) is 1. The van der Waals surface area contributed by atoms with E-state index < -0.39 is 29.7 Å². The van der Waals surface area contributed by atoms with Crippen molar-refractivity contribution in [3.63, 3.8) is 0 Å². The first kappa shape index (κ1) is 25.1. The van der Waals surface area contributed by atoms with Crippen molar-refractivity contribution in [2.24, 2.45) is 5.41 Å². The van der Waals surface area contributed by atoms with Crippen molar-refractivity contribution in [1.29, 1.82) is 0 Å². The monoisotopic (exact) mass is 475 g/mol. The zero-order chi connectivity index (χ0) is 25.1. The van der Waals surface area contributed by atoms with Crippen molar-refractivity contribution in [3.05, 3.63) is 83.6 Å². The van der Waals surface area contributed by atoms with Gasteiger partial charge in [-0.15, -0.1) is 0 Å². The molecule has 1 saturated heterocycles.